The molecule has 1 N–H and O–H groups in total. The van der Waals surface area contributed by atoms with E-state index in [-0.39, 0.29) is 18.6 Å². The number of nitrogens with one attached hydrogen (secondary N) is 1. The Balaban J connectivity index is 1.14. The van der Waals surface area contributed by atoms with Crippen LogP contribution in [0, 0.1) is 0 Å². The van der Waals surface area contributed by atoms with Gasteiger partial charge in [-0.2, -0.15) is 5.10 Å². The molecule has 8 nitrogen and oxygen atoms in total. The highest BCUT2D eigenvalue weighted by molar-refractivity contribution is 5.82. The van der Waals surface area contributed by atoms with Crippen molar-refractivity contribution in [2.24, 2.45) is 0 Å². The van der Waals surface area contributed by atoms with E-state index in [0.717, 1.165) is 36.9 Å². The van der Waals surface area contributed by atoms with Crippen LogP contribution in [0.5, 0.6) is 11.5 Å². The number of hydrogen-bond acceptors (Lipinski definition) is 6. The minimum atomic E-state index is -0.613. The van der Waals surface area contributed by atoms with E-state index in [1.54, 1.807) is 18.6 Å². The molecule has 0 spiro atoms. The normalized spacial score (nSPS) is 23.0. The number of carbonyl (C=O) groups excluding carboxylic acids is 1. The lowest BCUT2D eigenvalue weighted by molar-refractivity contribution is -0.131. The van der Waals surface area contributed by atoms with Crippen molar-refractivity contribution >= 4 is 5.91 Å². The van der Waals surface area contributed by atoms with E-state index < -0.39 is 6.10 Å². The summed E-state index contributed by atoms with van der Waals surface area (Å²) in [5.41, 5.74) is 1.79. The van der Waals surface area contributed by atoms with Gasteiger partial charge in [0.25, 0.3) is 5.91 Å². The van der Waals surface area contributed by atoms with Crippen molar-refractivity contribution in [1.29, 1.82) is 0 Å². The predicted octanol–water partition coefficient (Wildman–Crippen LogP) is 2.78. The van der Waals surface area contributed by atoms with Gasteiger partial charge in [0.2, 0.25) is 6.10 Å². The zero-order chi connectivity index (χ0) is 20.3. The quantitative estimate of drug-likeness (QED) is 0.718. The van der Waals surface area contributed by atoms with Crippen molar-refractivity contribution in [2.75, 3.05) is 6.61 Å². The number of fused-ring (bicyclic) bond motifs is 1. The van der Waals surface area contributed by atoms with Crippen LogP contribution in [0.15, 0.2) is 55.2 Å². The highest BCUT2D eigenvalue weighted by Crippen LogP contribution is 2.32. The van der Waals surface area contributed by atoms with Crippen LogP contribution in [0.4, 0.5) is 0 Å². The topological polar surface area (TPSA) is 91.2 Å². The number of hydrogen-bond donors (Lipinski definition) is 1. The van der Waals surface area contributed by atoms with Crippen molar-refractivity contribution in [3.8, 4) is 22.8 Å². The van der Waals surface area contributed by atoms with Gasteiger partial charge in [-0.1, -0.05) is 12.1 Å². The fourth-order valence-corrected chi connectivity index (χ4v) is 4.05. The summed E-state index contributed by atoms with van der Waals surface area (Å²) < 4.78 is 13.5. The van der Waals surface area contributed by atoms with Crippen LogP contribution in [0.3, 0.4) is 0 Å². The molecular formula is C22H23N5O3. The smallest absolute Gasteiger partial charge is 0.264 e. The van der Waals surface area contributed by atoms with Gasteiger partial charge in [-0.05, 0) is 37.8 Å². The maximum atomic E-state index is 12.6. The Bertz CT molecular complexity index is 1010. The number of amides is 1. The van der Waals surface area contributed by atoms with Crippen molar-refractivity contribution in [1.82, 2.24) is 25.1 Å². The summed E-state index contributed by atoms with van der Waals surface area (Å²) in [7, 11) is 0. The number of aromatic nitrogens is 4. The van der Waals surface area contributed by atoms with Crippen molar-refractivity contribution in [2.45, 2.75) is 43.9 Å². The number of para-hydroxylation sites is 2. The first-order chi connectivity index (χ1) is 14.8. The highest BCUT2D eigenvalue weighted by atomic mass is 16.6. The van der Waals surface area contributed by atoms with Crippen molar-refractivity contribution in [3.05, 3.63) is 55.2 Å². The van der Waals surface area contributed by atoms with Crippen LogP contribution in [0.2, 0.25) is 0 Å². The van der Waals surface area contributed by atoms with Gasteiger partial charge in [-0.3, -0.25) is 19.4 Å². The SMILES string of the molecule is O=C(NC1CCC(n2cc(-c3cnccn3)cn2)CC1)C1COc2ccccc2O1. The molecule has 1 aliphatic carbocycles. The van der Waals surface area contributed by atoms with Crippen LogP contribution in [0.1, 0.15) is 31.7 Å². The Morgan fingerprint density at radius 2 is 1.90 bits per heavy atom. The van der Waals surface area contributed by atoms with Crippen LogP contribution in [-0.4, -0.2) is 44.4 Å². The minimum absolute atomic E-state index is 0.114. The first-order valence-electron chi connectivity index (χ1n) is 10.3. The second-order valence-corrected chi connectivity index (χ2v) is 7.68. The molecule has 1 aliphatic heterocycles. The average molecular weight is 405 g/mol. The lowest BCUT2D eigenvalue weighted by Gasteiger charge is -2.31. The summed E-state index contributed by atoms with van der Waals surface area (Å²) in [6.45, 7) is 0.233. The molecule has 8 heteroatoms. The molecule has 5 rings (SSSR count). The third-order valence-electron chi connectivity index (χ3n) is 5.68. The van der Waals surface area contributed by atoms with Gasteiger partial charge in [0.05, 0.1) is 24.1 Å². The fraction of sp³-hybridized carbons (Fsp3) is 0.364. The molecule has 1 amide bonds. The Morgan fingerprint density at radius 3 is 2.70 bits per heavy atom. The van der Waals surface area contributed by atoms with Crippen LogP contribution in [-0.2, 0) is 4.79 Å². The number of ether oxygens (including phenoxy) is 2. The number of benzene rings is 1. The van der Waals surface area contributed by atoms with E-state index in [0.29, 0.717) is 17.5 Å². The van der Waals surface area contributed by atoms with E-state index >= 15 is 0 Å². The van der Waals surface area contributed by atoms with Crippen LogP contribution >= 0.6 is 0 Å². The zero-order valence-electron chi connectivity index (χ0n) is 16.5. The Labute approximate surface area is 174 Å². The summed E-state index contributed by atoms with van der Waals surface area (Å²) >= 11 is 0. The first-order valence-corrected chi connectivity index (χ1v) is 10.3. The van der Waals surface area contributed by atoms with Gasteiger partial charge >= 0.3 is 0 Å². The van der Waals surface area contributed by atoms with Gasteiger partial charge in [0.1, 0.15) is 6.61 Å². The Morgan fingerprint density at radius 1 is 1.07 bits per heavy atom. The third-order valence-corrected chi connectivity index (χ3v) is 5.68. The second kappa shape index (κ2) is 8.14. The Hall–Kier alpha value is -3.42. The standard InChI is InChI=1S/C22H23N5O3/c28-22(21-14-29-19-3-1-2-4-20(19)30-21)26-16-5-7-17(8-6-16)27-13-15(11-25-27)18-12-23-9-10-24-18/h1-4,9-13,16-17,21H,5-8,14H2,(H,26,28). The molecule has 0 bridgehead atoms. The molecule has 1 fully saturated rings. The molecule has 2 aromatic heterocycles. The molecule has 30 heavy (non-hydrogen) atoms. The second-order valence-electron chi connectivity index (χ2n) is 7.68. The summed E-state index contributed by atoms with van der Waals surface area (Å²) in [6.07, 6.45) is 12.0. The predicted molar refractivity (Wildman–Crippen MR) is 109 cm³/mol. The van der Waals surface area contributed by atoms with Crippen LogP contribution < -0.4 is 14.8 Å². The van der Waals surface area contributed by atoms with E-state index in [9.17, 15) is 4.79 Å². The van der Waals surface area contributed by atoms with Crippen molar-refractivity contribution in [3.63, 3.8) is 0 Å². The minimum Gasteiger partial charge on any atom is -0.485 e. The molecule has 1 unspecified atom stereocenters. The van der Waals surface area contributed by atoms with E-state index in [1.165, 1.54) is 0 Å². The molecule has 2 aliphatic rings. The lowest BCUT2D eigenvalue weighted by atomic mass is 9.91. The van der Waals surface area contributed by atoms with Gasteiger partial charge in [0.15, 0.2) is 11.5 Å². The van der Waals surface area contributed by atoms with E-state index in [4.69, 9.17) is 9.47 Å². The van der Waals surface area contributed by atoms with Gasteiger partial charge in [-0.25, -0.2) is 0 Å². The number of nitrogens with zero attached hydrogens (tertiary/aromatic N) is 4. The Kier molecular flexibility index (Phi) is 5.04. The van der Waals surface area contributed by atoms with Gasteiger partial charge < -0.3 is 14.8 Å². The zero-order valence-corrected chi connectivity index (χ0v) is 16.5. The maximum absolute atomic E-state index is 12.6. The lowest BCUT2D eigenvalue weighted by Crippen LogP contribution is -2.48. The molecule has 0 saturated heterocycles. The van der Waals surface area contributed by atoms with Crippen molar-refractivity contribution < 1.29 is 14.3 Å². The summed E-state index contributed by atoms with van der Waals surface area (Å²) in [5, 5.41) is 7.65. The van der Waals surface area contributed by atoms with E-state index in [2.05, 4.69) is 20.4 Å². The third kappa shape index (κ3) is 3.85. The molecule has 154 valence electrons. The molecule has 1 saturated carbocycles. The molecule has 3 heterocycles. The highest BCUT2D eigenvalue weighted by Gasteiger charge is 2.30. The molecule has 1 aromatic carbocycles. The summed E-state index contributed by atoms with van der Waals surface area (Å²) in [6, 6.07) is 7.88. The molecule has 1 atom stereocenters. The molecule has 3 aromatic rings. The first kappa shape index (κ1) is 18.6. The van der Waals surface area contributed by atoms with Gasteiger partial charge in [0, 0.05) is 30.2 Å². The van der Waals surface area contributed by atoms with Crippen LogP contribution in [0.25, 0.3) is 11.3 Å². The summed E-state index contributed by atoms with van der Waals surface area (Å²) in [5.74, 6) is 1.18. The molecule has 0 radical (unpaired) electrons. The molecular weight excluding hydrogens is 382 g/mol. The number of rotatable bonds is 4. The summed E-state index contributed by atoms with van der Waals surface area (Å²) in [4.78, 5) is 21.1. The fourth-order valence-electron chi connectivity index (χ4n) is 4.05. The number of carbonyl (C=O) groups is 1. The van der Waals surface area contributed by atoms with E-state index in [1.807, 2.05) is 41.3 Å². The van der Waals surface area contributed by atoms with Gasteiger partial charge in [-0.15, -0.1) is 0 Å². The average Bonchev–Trinajstić information content (AvgIpc) is 3.30. The largest absolute Gasteiger partial charge is 0.485 e. The maximum Gasteiger partial charge on any atom is 0.264 e. The monoisotopic (exact) mass is 405 g/mol.